The van der Waals surface area contributed by atoms with E-state index in [1.54, 1.807) is 36.7 Å². The van der Waals surface area contributed by atoms with E-state index in [4.69, 9.17) is 16.3 Å². The van der Waals surface area contributed by atoms with Crippen LogP contribution in [-0.2, 0) is 0 Å². The number of carbonyl (C=O) groups is 1. The molecule has 4 rings (SSSR count). The molecule has 2 N–H and O–H groups in total. The molecule has 172 valence electrons. The number of amides is 2. The van der Waals surface area contributed by atoms with Crippen molar-refractivity contribution in [3.63, 3.8) is 0 Å². The standard InChI is InChI=1S/C24H27ClN6O2/c25-19-7-1-3-9-21(19)33-22-10-4-2-8-20(22)29-24(32)28-13-6-14-30-15-17-31(18-16-30)23-26-11-5-12-27-23/h1-5,7-12H,6,13-18H2,(H2,28,29,32). The Morgan fingerprint density at radius 3 is 2.39 bits per heavy atom. The number of hydrogen-bond donors (Lipinski definition) is 2. The number of para-hydroxylation sites is 3. The summed E-state index contributed by atoms with van der Waals surface area (Å²) in [5.74, 6) is 1.85. The highest BCUT2D eigenvalue weighted by Crippen LogP contribution is 2.33. The van der Waals surface area contributed by atoms with Gasteiger partial charge in [-0.3, -0.25) is 4.90 Å². The SMILES string of the molecule is O=C(NCCCN1CCN(c2ncccn2)CC1)Nc1ccccc1Oc1ccccc1Cl. The fourth-order valence-electron chi connectivity index (χ4n) is 3.60. The van der Waals surface area contributed by atoms with E-state index in [9.17, 15) is 4.79 Å². The van der Waals surface area contributed by atoms with Crippen molar-refractivity contribution in [2.75, 3.05) is 49.5 Å². The summed E-state index contributed by atoms with van der Waals surface area (Å²) >= 11 is 6.18. The minimum atomic E-state index is -0.267. The molecule has 0 saturated carbocycles. The minimum Gasteiger partial charge on any atom is -0.454 e. The highest BCUT2D eigenvalue weighted by molar-refractivity contribution is 6.32. The van der Waals surface area contributed by atoms with Crippen LogP contribution in [0.5, 0.6) is 11.5 Å². The summed E-state index contributed by atoms with van der Waals surface area (Å²) < 4.78 is 5.89. The maximum absolute atomic E-state index is 12.4. The zero-order valence-electron chi connectivity index (χ0n) is 18.3. The maximum Gasteiger partial charge on any atom is 0.319 e. The molecule has 1 saturated heterocycles. The van der Waals surface area contributed by atoms with Gasteiger partial charge in [0.1, 0.15) is 5.75 Å². The van der Waals surface area contributed by atoms with Crippen LogP contribution in [0.1, 0.15) is 6.42 Å². The summed E-state index contributed by atoms with van der Waals surface area (Å²) in [6.45, 7) is 5.23. The molecule has 0 aliphatic carbocycles. The highest BCUT2D eigenvalue weighted by Gasteiger charge is 2.18. The lowest BCUT2D eigenvalue weighted by atomic mass is 10.3. The molecule has 0 spiro atoms. The van der Waals surface area contributed by atoms with Crippen molar-refractivity contribution in [3.8, 4) is 11.5 Å². The Kier molecular flexibility index (Phi) is 7.94. The molecule has 1 aliphatic rings. The molecule has 0 radical (unpaired) electrons. The molecule has 0 bridgehead atoms. The zero-order valence-corrected chi connectivity index (χ0v) is 19.0. The van der Waals surface area contributed by atoms with Gasteiger partial charge in [-0.25, -0.2) is 14.8 Å². The van der Waals surface area contributed by atoms with Crippen molar-refractivity contribution in [2.24, 2.45) is 0 Å². The lowest BCUT2D eigenvalue weighted by molar-refractivity contribution is 0.243. The largest absolute Gasteiger partial charge is 0.454 e. The van der Waals surface area contributed by atoms with Gasteiger partial charge in [0.2, 0.25) is 5.95 Å². The maximum atomic E-state index is 12.4. The molecule has 2 heterocycles. The molecule has 1 fully saturated rings. The summed E-state index contributed by atoms with van der Waals surface area (Å²) in [7, 11) is 0. The van der Waals surface area contributed by atoms with Crippen LogP contribution in [0.25, 0.3) is 0 Å². The fraction of sp³-hybridized carbons (Fsp3) is 0.292. The Bertz CT molecular complexity index is 1040. The first-order valence-electron chi connectivity index (χ1n) is 11.0. The molecule has 1 aliphatic heterocycles. The highest BCUT2D eigenvalue weighted by atomic mass is 35.5. The number of benzene rings is 2. The predicted octanol–water partition coefficient (Wildman–Crippen LogP) is 4.26. The lowest BCUT2D eigenvalue weighted by Crippen LogP contribution is -2.47. The van der Waals surface area contributed by atoms with E-state index >= 15 is 0 Å². The number of nitrogens with one attached hydrogen (secondary N) is 2. The number of urea groups is 1. The van der Waals surface area contributed by atoms with Gasteiger partial charge in [0.15, 0.2) is 5.75 Å². The van der Waals surface area contributed by atoms with Crippen LogP contribution in [0, 0.1) is 0 Å². The van der Waals surface area contributed by atoms with Gasteiger partial charge in [-0.1, -0.05) is 35.9 Å². The number of anilines is 2. The summed E-state index contributed by atoms with van der Waals surface area (Å²) in [6.07, 6.45) is 4.41. The topological polar surface area (TPSA) is 82.6 Å². The number of aromatic nitrogens is 2. The first-order valence-corrected chi connectivity index (χ1v) is 11.4. The van der Waals surface area contributed by atoms with E-state index in [-0.39, 0.29) is 6.03 Å². The third kappa shape index (κ3) is 6.57. The van der Waals surface area contributed by atoms with E-state index in [0.717, 1.165) is 45.1 Å². The van der Waals surface area contributed by atoms with Gasteiger partial charge in [-0.05, 0) is 43.3 Å². The van der Waals surface area contributed by atoms with Gasteiger partial charge in [0.05, 0.1) is 10.7 Å². The Hall–Kier alpha value is -3.36. The Labute approximate surface area is 198 Å². The average molecular weight is 467 g/mol. The summed E-state index contributed by atoms with van der Waals surface area (Å²) in [5, 5.41) is 6.29. The normalized spacial score (nSPS) is 14.0. The molecule has 3 aromatic rings. The van der Waals surface area contributed by atoms with Crippen LogP contribution >= 0.6 is 11.6 Å². The molecule has 0 unspecified atom stereocenters. The molecule has 2 amide bonds. The molecule has 8 nitrogen and oxygen atoms in total. The van der Waals surface area contributed by atoms with Gasteiger partial charge in [0, 0.05) is 45.1 Å². The van der Waals surface area contributed by atoms with Crippen molar-refractivity contribution < 1.29 is 9.53 Å². The van der Waals surface area contributed by atoms with E-state index in [1.807, 2.05) is 30.3 Å². The van der Waals surface area contributed by atoms with Crippen LogP contribution in [0.15, 0.2) is 67.0 Å². The first kappa shape index (κ1) is 22.8. The quantitative estimate of drug-likeness (QED) is 0.483. The van der Waals surface area contributed by atoms with E-state index in [1.165, 1.54) is 0 Å². The molecular weight excluding hydrogens is 440 g/mol. The van der Waals surface area contributed by atoms with Crippen molar-refractivity contribution in [1.29, 1.82) is 0 Å². The van der Waals surface area contributed by atoms with Crippen LogP contribution in [-0.4, -0.2) is 60.2 Å². The molecule has 9 heteroatoms. The van der Waals surface area contributed by atoms with Gasteiger partial charge < -0.3 is 20.3 Å². The Morgan fingerprint density at radius 2 is 1.64 bits per heavy atom. The van der Waals surface area contributed by atoms with Gasteiger partial charge >= 0.3 is 6.03 Å². The number of halogens is 1. The second-order valence-corrected chi connectivity index (χ2v) is 8.05. The van der Waals surface area contributed by atoms with Gasteiger partial charge in [-0.15, -0.1) is 0 Å². The van der Waals surface area contributed by atoms with Crippen molar-refractivity contribution in [3.05, 3.63) is 72.0 Å². The number of ether oxygens (including phenoxy) is 1. The predicted molar refractivity (Wildman–Crippen MR) is 130 cm³/mol. The molecule has 1 aromatic heterocycles. The zero-order chi connectivity index (χ0) is 22.9. The summed E-state index contributed by atoms with van der Waals surface area (Å²) in [6, 6.07) is 16.1. The molecule has 0 atom stereocenters. The third-order valence-corrected chi connectivity index (χ3v) is 5.65. The molecular formula is C24H27ClN6O2. The number of piperazine rings is 1. The van der Waals surface area contributed by atoms with Crippen LogP contribution in [0.3, 0.4) is 0 Å². The number of rotatable bonds is 8. The van der Waals surface area contributed by atoms with Crippen molar-refractivity contribution >= 4 is 29.3 Å². The summed E-state index contributed by atoms with van der Waals surface area (Å²) in [5.41, 5.74) is 0.578. The van der Waals surface area contributed by atoms with Crippen molar-refractivity contribution in [1.82, 2.24) is 20.2 Å². The van der Waals surface area contributed by atoms with Crippen LogP contribution < -0.4 is 20.3 Å². The van der Waals surface area contributed by atoms with E-state index in [2.05, 4.69) is 30.4 Å². The average Bonchev–Trinajstić information content (AvgIpc) is 2.85. The van der Waals surface area contributed by atoms with Crippen LogP contribution in [0.4, 0.5) is 16.4 Å². The Morgan fingerprint density at radius 1 is 0.939 bits per heavy atom. The summed E-state index contributed by atoms with van der Waals surface area (Å²) in [4.78, 5) is 25.6. The molecule has 2 aromatic carbocycles. The number of carbonyl (C=O) groups excluding carboxylic acids is 1. The first-order chi connectivity index (χ1) is 16.2. The number of hydrogen-bond acceptors (Lipinski definition) is 6. The second-order valence-electron chi connectivity index (χ2n) is 7.64. The van der Waals surface area contributed by atoms with E-state index < -0.39 is 0 Å². The van der Waals surface area contributed by atoms with Crippen LogP contribution in [0.2, 0.25) is 5.02 Å². The fourth-order valence-corrected chi connectivity index (χ4v) is 3.78. The third-order valence-electron chi connectivity index (χ3n) is 5.34. The minimum absolute atomic E-state index is 0.267. The van der Waals surface area contributed by atoms with Crippen molar-refractivity contribution in [2.45, 2.75) is 6.42 Å². The monoisotopic (exact) mass is 466 g/mol. The Balaban J connectivity index is 1.18. The van der Waals surface area contributed by atoms with Gasteiger partial charge in [0.25, 0.3) is 0 Å². The molecule has 33 heavy (non-hydrogen) atoms. The number of nitrogens with zero attached hydrogens (tertiary/aromatic N) is 4. The van der Waals surface area contributed by atoms with E-state index in [0.29, 0.717) is 28.8 Å². The lowest BCUT2D eigenvalue weighted by Gasteiger charge is -2.34. The van der Waals surface area contributed by atoms with Gasteiger partial charge in [-0.2, -0.15) is 0 Å². The second kappa shape index (κ2) is 11.5. The smallest absolute Gasteiger partial charge is 0.319 e.